The molecule has 24 heavy (non-hydrogen) atoms. The van der Waals surface area contributed by atoms with Crippen molar-refractivity contribution in [2.24, 2.45) is 0 Å². The highest BCUT2D eigenvalue weighted by molar-refractivity contribution is 5.82. The van der Waals surface area contributed by atoms with Gasteiger partial charge in [-0.2, -0.15) is 0 Å². The summed E-state index contributed by atoms with van der Waals surface area (Å²) in [7, 11) is 0. The number of amides is 1. The number of hydrogen-bond acceptors (Lipinski definition) is 3. The number of fused-ring (bicyclic) bond motifs is 1. The Morgan fingerprint density at radius 2 is 2.00 bits per heavy atom. The fourth-order valence-electron chi connectivity index (χ4n) is 3.91. The molecule has 130 valence electrons. The number of rotatable bonds is 5. The van der Waals surface area contributed by atoms with E-state index in [1.54, 1.807) is 0 Å². The smallest absolute Gasteiger partial charge is 0.237 e. The standard InChI is InChI=1S/C19H28N4O/c1-5-15(18-20-16-8-6-7-9-17(16)21-18)22-19(24)14(4)23-12(2)10-11-13(23)3/h6-9,12-15H,5,10-11H2,1-4H3,(H,20,21)(H,22,24). The average Bonchev–Trinajstić information content (AvgIpc) is 3.15. The molecule has 1 fully saturated rings. The van der Waals surface area contributed by atoms with E-state index in [1.807, 2.05) is 31.2 Å². The Morgan fingerprint density at radius 3 is 2.62 bits per heavy atom. The van der Waals surface area contributed by atoms with E-state index in [0.717, 1.165) is 23.3 Å². The molecule has 4 atom stereocenters. The van der Waals surface area contributed by atoms with E-state index >= 15 is 0 Å². The predicted octanol–water partition coefficient (Wildman–Crippen LogP) is 3.39. The molecule has 0 spiro atoms. The van der Waals surface area contributed by atoms with Crippen molar-refractivity contribution in [2.45, 2.75) is 71.1 Å². The van der Waals surface area contributed by atoms with Crippen LogP contribution in [0.1, 0.15) is 58.8 Å². The molecule has 0 bridgehead atoms. The number of para-hydroxylation sites is 2. The van der Waals surface area contributed by atoms with Crippen molar-refractivity contribution in [3.8, 4) is 0 Å². The molecule has 0 saturated carbocycles. The fourth-order valence-corrected chi connectivity index (χ4v) is 3.91. The topological polar surface area (TPSA) is 61.0 Å². The summed E-state index contributed by atoms with van der Waals surface area (Å²) in [6, 6.07) is 8.69. The van der Waals surface area contributed by atoms with Gasteiger partial charge in [0.25, 0.3) is 0 Å². The molecule has 0 aliphatic carbocycles. The van der Waals surface area contributed by atoms with Gasteiger partial charge in [0.15, 0.2) is 0 Å². The Balaban J connectivity index is 1.73. The van der Waals surface area contributed by atoms with E-state index in [2.05, 4.69) is 41.0 Å². The highest BCUT2D eigenvalue weighted by Gasteiger charge is 2.35. The van der Waals surface area contributed by atoms with Crippen LogP contribution in [0.2, 0.25) is 0 Å². The number of aromatic nitrogens is 2. The molecule has 1 aliphatic heterocycles. The first kappa shape index (κ1) is 17.0. The van der Waals surface area contributed by atoms with Crippen molar-refractivity contribution in [1.29, 1.82) is 0 Å². The van der Waals surface area contributed by atoms with Gasteiger partial charge in [0, 0.05) is 12.1 Å². The van der Waals surface area contributed by atoms with Gasteiger partial charge in [0.1, 0.15) is 5.82 Å². The summed E-state index contributed by atoms with van der Waals surface area (Å²) >= 11 is 0. The molecule has 1 saturated heterocycles. The third-order valence-corrected chi connectivity index (χ3v) is 5.31. The summed E-state index contributed by atoms with van der Waals surface area (Å²) in [4.78, 5) is 23.1. The Morgan fingerprint density at radius 1 is 1.33 bits per heavy atom. The number of imidazole rings is 1. The molecule has 5 heteroatoms. The van der Waals surface area contributed by atoms with E-state index in [4.69, 9.17) is 0 Å². The largest absolute Gasteiger partial charge is 0.345 e. The molecule has 1 aliphatic rings. The van der Waals surface area contributed by atoms with Crippen LogP contribution in [0.3, 0.4) is 0 Å². The SMILES string of the molecule is CCC(NC(=O)C(C)N1C(C)CCC1C)c1nc2ccccc2[nH]1. The maximum absolute atomic E-state index is 12.8. The normalized spacial score (nSPS) is 24.2. The summed E-state index contributed by atoms with van der Waals surface area (Å²) in [5, 5.41) is 3.19. The fraction of sp³-hybridized carbons (Fsp3) is 0.579. The second-order valence-electron chi connectivity index (χ2n) is 7.01. The molecular formula is C19H28N4O. The predicted molar refractivity (Wildman–Crippen MR) is 96.7 cm³/mol. The third kappa shape index (κ3) is 3.18. The van der Waals surface area contributed by atoms with Crippen molar-refractivity contribution in [2.75, 3.05) is 0 Å². The maximum Gasteiger partial charge on any atom is 0.237 e. The molecule has 2 heterocycles. The van der Waals surface area contributed by atoms with E-state index in [9.17, 15) is 4.79 Å². The quantitative estimate of drug-likeness (QED) is 0.884. The van der Waals surface area contributed by atoms with Crippen LogP contribution < -0.4 is 5.32 Å². The van der Waals surface area contributed by atoms with Gasteiger partial charge in [-0.1, -0.05) is 19.1 Å². The lowest BCUT2D eigenvalue weighted by molar-refractivity contribution is -0.127. The monoisotopic (exact) mass is 328 g/mol. The first-order valence-corrected chi connectivity index (χ1v) is 9.03. The number of nitrogens with one attached hydrogen (secondary N) is 2. The van der Waals surface area contributed by atoms with E-state index < -0.39 is 0 Å². The molecule has 2 aromatic rings. The Kier molecular flexibility index (Phi) is 4.90. The second kappa shape index (κ2) is 6.93. The summed E-state index contributed by atoms with van der Waals surface area (Å²) in [5.41, 5.74) is 1.95. The summed E-state index contributed by atoms with van der Waals surface area (Å²) in [6.45, 7) is 8.51. The molecule has 1 amide bonds. The lowest BCUT2D eigenvalue weighted by Gasteiger charge is -2.32. The molecule has 4 unspecified atom stereocenters. The number of carbonyl (C=O) groups excluding carboxylic acids is 1. The zero-order valence-electron chi connectivity index (χ0n) is 15.0. The maximum atomic E-state index is 12.8. The first-order valence-electron chi connectivity index (χ1n) is 9.03. The van der Waals surface area contributed by atoms with Crippen molar-refractivity contribution < 1.29 is 4.79 Å². The van der Waals surface area contributed by atoms with Crippen molar-refractivity contribution in [3.63, 3.8) is 0 Å². The molecule has 0 radical (unpaired) electrons. The van der Waals surface area contributed by atoms with E-state index in [1.165, 1.54) is 12.8 Å². The van der Waals surface area contributed by atoms with E-state index in [-0.39, 0.29) is 18.0 Å². The number of likely N-dealkylation sites (tertiary alicyclic amines) is 1. The second-order valence-corrected chi connectivity index (χ2v) is 7.01. The highest BCUT2D eigenvalue weighted by Crippen LogP contribution is 2.26. The Hall–Kier alpha value is -1.88. The zero-order valence-corrected chi connectivity index (χ0v) is 15.0. The number of nitrogens with zero attached hydrogens (tertiary/aromatic N) is 2. The van der Waals surface area contributed by atoms with Crippen LogP contribution in [0.4, 0.5) is 0 Å². The van der Waals surface area contributed by atoms with Crippen molar-refractivity contribution >= 4 is 16.9 Å². The van der Waals surface area contributed by atoms with Gasteiger partial charge in [0.2, 0.25) is 5.91 Å². The van der Waals surface area contributed by atoms with Gasteiger partial charge in [-0.25, -0.2) is 4.98 Å². The minimum atomic E-state index is -0.115. The molecule has 1 aromatic carbocycles. The molecule has 3 rings (SSSR count). The number of hydrogen-bond donors (Lipinski definition) is 2. The van der Waals surface area contributed by atoms with Crippen LogP contribution in [0.25, 0.3) is 11.0 Å². The number of aromatic amines is 1. The average molecular weight is 328 g/mol. The van der Waals surface area contributed by atoms with Gasteiger partial charge in [0.05, 0.1) is 23.1 Å². The molecule has 1 aromatic heterocycles. The van der Waals surface area contributed by atoms with Crippen molar-refractivity contribution in [1.82, 2.24) is 20.2 Å². The molecule has 2 N–H and O–H groups in total. The van der Waals surface area contributed by atoms with Crippen LogP contribution >= 0.6 is 0 Å². The molecule has 5 nitrogen and oxygen atoms in total. The Labute approximate surface area is 143 Å². The van der Waals surface area contributed by atoms with Crippen LogP contribution in [0, 0.1) is 0 Å². The van der Waals surface area contributed by atoms with Crippen LogP contribution in [0.15, 0.2) is 24.3 Å². The lowest BCUT2D eigenvalue weighted by Crippen LogP contribution is -2.49. The summed E-state index contributed by atoms with van der Waals surface area (Å²) in [5.74, 6) is 0.921. The van der Waals surface area contributed by atoms with Crippen LogP contribution in [-0.4, -0.2) is 38.9 Å². The van der Waals surface area contributed by atoms with Crippen LogP contribution in [0.5, 0.6) is 0 Å². The van der Waals surface area contributed by atoms with Gasteiger partial charge in [-0.05, 0) is 52.2 Å². The minimum Gasteiger partial charge on any atom is -0.345 e. The minimum absolute atomic E-state index is 0.0828. The van der Waals surface area contributed by atoms with Gasteiger partial charge >= 0.3 is 0 Å². The van der Waals surface area contributed by atoms with Crippen molar-refractivity contribution in [3.05, 3.63) is 30.1 Å². The number of carbonyl (C=O) groups is 1. The van der Waals surface area contributed by atoms with Gasteiger partial charge < -0.3 is 10.3 Å². The summed E-state index contributed by atoms with van der Waals surface area (Å²) < 4.78 is 0. The van der Waals surface area contributed by atoms with Gasteiger partial charge in [-0.3, -0.25) is 9.69 Å². The lowest BCUT2D eigenvalue weighted by atomic mass is 10.1. The highest BCUT2D eigenvalue weighted by atomic mass is 16.2. The van der Waals surface area contributed by atoms with E-state index in [0.29, 0.717) is 12.1 Å². The Bertz CT molecular complexity index is 667. The van der Waals surface area contributed by atoms with Gasteiger partial charge in [-0.15, -0.1) is 0 Å². The third-order valence-electron chi connectivity index (χ3n) is 5.31. The number of benzene rings is 1. The number of H-pyrrole nitrogens is 1. The van der Waals surface area contributed by atoms with Crippen LogP contribution in [-0.2, 0) is 4.79 Å². The summed E-state index contributed by atoms with van der Waals surface area (Å²) in [6.07, 6.45) is 3.14. The zero-order chi connectivity index (χ0) is 17.3. The first-order chi connectivity index (χ1) is 11.5. The molecular weight excluding hydrogens is 300 g/mol.